The van der Waals surface area contributed by atoms with Gasteiger partial charge in [-0.3, -0.25) is 9.59 Å². The Kier molecular flexibility index (Phi) is 11.9. The molecule has 2 aliphatic heterocycles. The van der Waals surface area contributed by atoms with Crippen LogP contribution in [0.5, 0.6) is 0 Å². The smallest absolute Gasteiger partial charge is 0.309 e. The first-order chi connectivity index (χ1) is 26.6. The van der Waals surface area contributed by atoms with E-state index in [-0.39, 0.29) is 29.8 Å². The van der Waals surface area contributed by atoms with E-state index in [9.17, 15) is 14.7 Å². The van der Waals surface area contributed by atoms with E-state index < -0.39 is 5.97 Å². The molecule has 0 fully saturated rings. The second-order valence-corrected chi connectivity index (χ2v) is 15.0. The number of anilines is 1. The predicted octanol–water partition coefficient (Wildman–Crippen LogP) is 9.79. The van der Waals surface area contributed by atoms with Crippen LogP contribution in [-0.2, 0) is 20.4 Å². The van der Waals surface area contributed by atoms with E-state index in [4.69, 9.17) is 5.73 Å². The lowest BCUT2D eigenvalue weighted by molar-refractivity contribution is -0.436. The van der Waals surface area contributed by atoms with Crippen LogP contribution in [-0.4, -0.2) is 47.0 Å². The third-order valence-electron chi connectivity index (χ3n) is 12.2. The van der Waals surface area contributed by atoms with Crippen molar-refractivity contribution in [3.63, 3.8) is 0 Å². The van der Waals surface area contributed by atoms with Gasteiger partial charge < -0.3 is 21.1 Å². The Morgan fingerprint density at radius 3 is 1.98 bits per heavy atom. The molecule has 4 aromatic rings. The number of hydrogen-bond donors (Lipinski definition) is 3. The van der Waals surface area contributed by atoms with Crippen molar-refractivity contribution in [2.24, 2.45) is 5.73 Å². The van der Waals surface area contributed by atoms with Gasteiger partial charge in [0.2, 0.25) is 11.6 Å². The van der Waals surface area contributed by atoms with Gasteiger partial charge in [-0.25, -0.2) is 0 Å². The molecular formula is C48H57N4O3+. The largest absolute Gasteiger partial charge is 0.481 e. The molecule has 2 aliphatic rings. The minimum absolute atomic E-state index is 0.0567. The van der Waals surface area contributed by atoms with Crippen LogP contribution in [0.15, 0.2) is 109 Å². The summed E-state index contributed by atoms with van der Waals surface area (Å²) in [6.07, 6.45) is 18.9. The van der Waals surface area contributed by atoms with E-state index >= 15 is 0 Å². The zero-order chi connectivity index (χ0) is 39.3. The average Bonchev–Trinajstić information content (AvgIpc) is 3.61. The fourth-order valence-electron chi connectivity index (χ4n) is 9.38. The fourth-order valence-corrected chi connectivity index (χ4v) is 9.38. The lowest BCUT2D eigenvalue weighted by atomic mass is 9.71. The summed E-state index contributed by atoms with van der Waals surface area (Å²) in [5, 5.41) is 17.4. The van der Waals surface area contributed by atoms with Gasteiger partial charge in [-0.1, -0.05) is 112 Å². The predicted molar refractivity (Wildman–Crippen MR) is 229 cm³/mol. The fraction of sp³-hybridized carbons (Fsp3) is 0.354. The number of fused-ring (bicyclic) bond motifs is 6. The minimum Gasteiger partial charge on any atom is -0.481 e. The van der Waals surface area contributed by atoms with Crippen molar-refractivity contribution in [1.29, 1.82) is 0 Å². The number of carbonyl (C=O) groups is 2. The summed E-state index contributed by atoms with van der Waals surface area (Å²) in [6, 6.07) is 22.1. The van der Waals surface area contributed by atoms with Crippen molar-refractivity contribution in [3.8, 4) is 0 Å². The summed E-state index contributed by atoms with van der Waals surface area (Å²) in [5.74, 6) is -0.856. The molecule has 0 aliphatic carbocycles. The van der Waals surface area contributed by atoms with Gasteiger partial charge in [0, 0.05) is 47.5 Å². The molecule has 7 nitrogen and oxygen atoms in total. The number of carbonyl (C=O) groups excluding carboxylic acids is 1. The maximum atomic E-state index is 12.6. The van der Waals surface area contributed by atoms with Crippen LogP contribution < -0.4 is 16.0 Å². The Morgan fingerprint density at radius 2 is 1.36 bits per heavy atom. The molecule has 0 saturated heterocycles. The standard InChI is InChI=1S/C48H56N4O3/c1-7-47(8-2)41(51(28-26-43(53)50-32-49)39-24-20-35-30-33(5)18-22-37(35)45(39)47)16-14-12-11-13-15-17-42-48(9-3,10-4)46-38-23-19-34(6)31-36(38)21-25-40(46)52(42)29-27-44(54)55/h11-25,30-31H,7-10,26-29,32,49H2,1-6H3,(H-,50,53,54,55)/p+1. The van der Waals surface area contributed by atoms with E-state index in [1.165, 1.54) is 55.2 Å². The number of hydrogen-bond acceptors (Lipinski definition) is 4. The Balaban J connectivity index is 1.35. The number of benzene rings is 4. The Hall–Kier alpha value is -5.27. The van der Waals surface area contributed by atoms with E-state index in [1.54, 1.807) is 0 Å². The second-order valence-electron chi connectivity index (χ2n) is 15.0. The van der Waals surface area contributed by atoms with Crippen molar-refractivity contribution >= 4 is 50.5 Å². The van der Waals surface area contributed by atoms with Crippen LogP contribution in [0.25, 0.3) is 21.5 Å². The first kappa shape index (κ1) is 39.4. The Bertz CT molecular complexity index is 2270. The molecule has 0 bridgehead atoms. The summed E-state index contributed by atoms with van der Waals surface area (Å²) < 4.78 is 2.24. The third kappa shape index (κ3) is 7.18. The van der Waals surface area contributed by atoms with Crippen LogP contribution >= 0.6 is 0 Å². The first-order valence-electron chi connectivity index (χ1n) is 20.0. The van der Waals surface area contributed by atoms with Crippen molar-refractivity contribution in [1.82, 2.24) is 5.32 Å². The Morgan fingerprint density at radius 1 is 0.764 bits per heavy atom. The second kappa shape index (κ2) is 16.6. The maximum Gasteiger partial charge on any atom is 0.309 e. The summed E-state index contributed by atoms with van der Waals surface area (Å²) >= 11 is 0. The molecule has 4 N–H and O–H groups in total. The van der Waals surface area contributed by atoms with Gasteiger partial charge in [0.05, 0.1) is 12.1 Å². The number of allylic oxidation sites excluding steroid dienone is 8. The highest BCUT2D eigenvalue weighted by atomic mass is 16.4. The first-order valence-corrected chi connectivity index (χ1v) is 20.0. The number of aryl methyl sites for hydroxylation is 2. The van der Waals surface area contributed by atoms with Gasteiger partial charge in [0.15, 0.2) is 12.3 Å². The number of nitrogens with zero attached hydrogens (tertiary/aromatic N) is 2. The van der Waals surface area contributed by atoms with Crippen LogP contribution in [0.4, 0.5) is 11.4 Å². The Labute approximate surface area is 326 Å². The van der Waals surface area contributed by atoms with Crippen LogP contribution in [0.2, 0.25) is 0 Å². The summed E-state index contributed by atoms with van der Waals surface area (Å²) in [5.41, 5.74) is 14.9. The van der Waals surface area contributed by atoms with Gasteiger partial charge in [-0.2, -0.15) is 4.58 Å². The molecule has 286 valence electrons. The van der Waals surface area contributed by atoms with Crippen molar-refractivity contribution in [3.05, 3.63) is 131 Å². The summed E-state index contributed by atoms with van der Waals surface area (Å²) in [4.78, 5) is 26.8. The van der Waals surface area contributed by atoms with Gasteiger partial charge >= 0.3 is 5.97 Å². The molecule has 0 atom stereocenters. The lowest BCUT2D eigenvalue weighted by Crippen LogP contribution is -2.35. The number of aliphatic carboxylic acids is 1. The van der Waals surface area contributed by atoms with Gasteiger partial charge in [0.1, 0.15) is 6.42 Å². The third-order valence-corrected chi connectivity index (χ3v) is 12.2. The van der Waals surface area contributed by atoms with E-state index in [2.05, 4.69) is 160 Å². The van der Waals surface area contributed by atoms with Gasteiger partial charge in [0.25, 0.3) is 0 Å². The molecule has 0 spiro atoms. The van der Waals surface area contributed by atoms with E-state index in [0.29, 0.717) is 19.5 Å². The molecule has 55 heavy (non-hydrogen) atoms. The molecule has 0 unspecified atom stereocenters. The SMILES string of the molecule is CCC1(CC)C(/C=C/C=C/C=C/C=C2/N(CCC(=O)NCN)c3ccc4cc(C)ccc4c3C2(CC)CC)=[N+](CCC(=O)O)c2ccc3cc(C)ccc3c21. The topological polar surface area (TPSA) is 98.7 Å². The zero-order valence-electron chi connectivity index (χ0n) is 33.4. The van der Waals surface area contributed by atoms with E-state index in [0.717, 1.165) is 37.1 Å². The summed E-state index contributed by atoms with van der Waals surface area (Å²) in [7, 11) is 0. The van der Waals surface area contributed by atoms with Crippen LogP contribution in [0.1, 0.15) is 88.5 Å². The van der Waals surface area contributed by atoms with Gasteiger partial charge in [-0.15, -0.1) is 0 Å². The van der Waals surface area contributed by atoms with Crippen molar-refractivity contribution < 1.29 is 19.3 Å². The zero-order valence-corrected chi connectivity index (χ0v) is 33.4. The number of amides is 1. The quantitative estimate of drug-likeness (QED) is 0.0641. The molecule has 7 heteroatoms. The molecule has 0 radical (unpaired) electrons. The maximum absolute atomic E-state index is 12.6. The highest BCUT2D eigenvalue weighted by Gasteiger charge is 2.50. The number of carboxylic acids is 1. The molecule has 1 amide bonds. The van der Waals surface area contributed by atoms with Crippen molar-refractivity contribution in [2.75, 3.05) is 24.7 Å². The summed E-state index contributed by atoms with van der Waals surface area (Å²) in [6.45, 7) is 14.4. The van der Waals surface area contributed by atoms with E-state index in [1.807, 2.05) is 0 Å². The van der Waals surface area contributed by atoms with Gasteiger partial charge in [-0.05, 0) is 84.8 Å². The number of carboxylic acid groups (broad SMARTS) is 1. The minimum atomic E-state index is -0.799. The monoisotopic (exact) mass is 737 g/mol. The average molecular weight is 738 g/mol. The van der Waals surface area contributed by atoms with Crippen molar-refractivity contribution in [2.45, 2.75) is 90.9 Å². The van der Waals surface area contributed by atoms with Crippen LogP contribution in [0, 0.1) is 13.8 Å². The molecule has 4 aromatic carbocycles. The number of rotatable bonds is 15. The highest BCUT2D eigenvalue weighted by Crippen LogP contribution is 2.55. The number of nitrogens with two attached hydrogens (primary N) is 1. The lowest BCUT2D eigenvalue weighted by Gasteiger charge is -2.32. The normalized spacial score (nSPS) is 16.8. The van der Waals surface area contributed by atoms with Crippen LogP contribution in [0.3, 0.4) is 0 Å². The molecule has 6 rings (SSSR count). The highest BCUT2D eigenvalue weighted by molar-refractivity contribution is 6.08. The molecule has 2 heterocycles. The molecule has 0 aromatic heterocycles. The number of nitrogens with one attached hydrogen (secondary N) is 1. The molecular weight excluding hydrogens is 681 g/mol. The molecule has 0 saturated carbocycles.